The van der Waals surface area contributed by atoms with Crippen LogP contribution in [0.2, 0.25) is 0 Å². The predicted octanol–water partition coefficient (Wildman–Crippen LogP) is 6.28. The number of carbonyl (C=O) groups excluding carboxylic acids is 3. The summed E-state index contributed by atoms with van der Waals surface area (Å²) in [4.78, 5) is 44.7. The Kier molecular flexibility index (Phi) is 13.8. The van der Waals surface area contributed by atoms with Crippen LogP contribution in [-0.4, -0.2) is 48.4 Å². The lowest BCUT2D eigenvalue weighted by Gasteiger charge is -2.25. The molecule has 47 heavy (non-hydrogen) atoms. The van der Waals surface area contributed by atoms with Gasteiger partial charge >= 0.3 is 12.1 Å². The minimum absolute atomic E-state index is 0.0764. The highest BCUT2D eigenvalue weighted by atomic mass is 16.5. The third kappa shape index (κ3) is 11.9. The van der Waals surface area contributed by atoms with Crippen LogP contribution in [0.5, 0.6) is 0 Å². The SMILES string of the molecule is CCOC(=O)[C@@H](CCc1ccccc1)/N=C(\C)C(Cc1ccccc1)NC(=O)[C@@H](Cc1ccccc1)NC(=O)OCc1ccccc1. The number of esters is 1. The number of rotatable bonds is 16. The monoisotopic (exact) mass is 633 g/mol. The molecule has 3 atom stereocenters. The van der Waals surface area contributed by atoms with Gasteiger partial charge < -0.3 is 20.1 Å². The molecule has 0 bridgehead atoms. The number of aryl methyl sites for hydroxylation is 1. The summed E-state index contributed by atoms with van der Waals surface area (Å²) in [6.45, 7) is 3.90. The Balaban J connectivity index is 1.56. The number of benzene rings is 4. The summed E-state index contributed by atoms with van der Waals surface area (Å²) in [5, 5.41) is 5.89. The summed E-state index contributed by atoms with van der Waals surface area (Å²) in [7, 11) is 0. The second-order valence-corrected chi connectivity index (χ2v) is 11.3. The van der Waals surface area contributed by atoms with Crippen molar-refractivity contribution in [3.8, 4) is 0 Å². The maximum absolute atomic E-state index is 14.0. The minimum atomic E-state index is -0.925. The van der Waals surface area contributed by atoms with Gasteiger partial charge in [-0.05, 0) is 55.4 Å². The molecule has 244 valence electrons. The van der Waals surface area contributed by atoms with E-state index < -0.39 is 36.1 Å². The summed E-state index contributed by atoms with van der Waals surface area (Å²) in [5.74, 6) is -0.796. The third-order valence-corrected chi connectivity index (χ3v) is 7.67. The number of nitrogens with zero attached hydrogens (tertiary/aromatic N) is 1. The third-order valence-electron chi connectivity index (χ3n) is 7.67. The van der Waals surface area contributed by atoms with Crippen molar-refractivity contribution in [1.29, 1.82) is 0 Å². The van der Waals surface area contributed by atoms with Crippen molar-refractivity contribution in [2.24, 2.45) is 4.99 Å². The van der Waals surface area contributed by atoms with E-state index in [4.69, 9.17) is 14.5 Å². The van der Waals surface area contributed by atoms with Gasteiger partial charge in [0, 0.05) is 12.1 Å². The van der Waals surface area contributed by atoms with E-state index in [1.807, 2.05) is 128 Å². The molecule has 4 rings (SSSR count). The largest absolute Gasteiger partial charge is 0.464 e. The fourth-order valence-corrected chi connectivity index (χ4v) is 5.15. The van der Waals surface area contributed by atoms with Crippen LogP contribution in [0.1, 0.15) is 42.5 Å². The van der Waals surface area contributed by atoms with Gasteiger partial charge in [-0.3, -0.25) is 9.79 Å². The highest BCUT2D eigenvalue weighted by Gasteiger charge is 2.27. The Labute approximate surface area is 277 Å². The zero-order valence-corrected chi connectivity index (χ0v) is 27.0. The molecule has 0 aliphatic carbocycles. The zero-order valence-electron chi connectivity index (χ0n) is 27.0. The number of aliphatic imine (C=N–C) groups is 1. The smallest absolute Gasteiger partial charge is 0.408 e. The summed E-state index contributed by atoms with van der Waals surface area (Å²) < 4.78 is 10.8. The first-order valence-corrected chi connectivity index (χ1v) is 16.0. The lowest BCUT2D eigenvalue weighted by Crippen LogP contribution is -2.53. The van der Waals surface area contributed by atoms with Crippen LogP contribution in [0.3, 0.4) is 0 Å². The fraction of sp³-hybridized carbons (Fsp3) is 0.282. The van der Waals surface area contributed by atoms with Gasteiger partial charge in [0.1, 0.15) is 18.7 Å². The zero-order chi connectivity index (χ0) is 33.3. The van der Waals surface area contributed by atoms with Gasteiger partial charge in [0.25, 0.3) is 0 Å². The summed E-state index contributed by atoms with van der Waals surface area (Å²) in [5.41, 5.74) is 4.38. The van der Waals surface area contributed by atoms with Gasteiger partial charge in [-0.1, -0.05) is 121 Å². The van der Waals surface area contributed by atoms with Crippen LogP contribution in [0, 0.1) is 0 Å². The van der Waals surface area contributed by atoms with Gasteiger partial charge in [-0.25, -0.2) is 9.59 Å². The average molecular weight is 634 g/mol. The first kappa shape index (κ1) is 34.6. The Bertz CT molecular complexity index is 1560. The topological polar surface area (TPSA) is 106 Å². The fourth-order valence-electron chi connectivity index (χ4n) is 5.15. The van der Waals surface area contributed by atoms with Crippen LogP contribution in [0.4, 0.5) is 4.79 Å². The lowest BCUT2D eigenvalue weighted by molar-refractivity contribution is -0.144. The van der Waals surface area contributed by atoms with E-state index in [0.29, 0.717) is 25.0 Å². The van der Waals surface area contributed by atoms with E-state index >= 15 is 0 Å². The average Bonchev–Trinajstić information content (AvgIpc) is 3.10. The molecule has 4 aromatic rings. The Morgan fingerprint density at radius 3 is 1.66 bits per heavy atom. The van der Waals surface area contributed by atoms with Gasteiger partial charge in [0.05, 0.1) is 12.6 Å². The van der Waals surface area contributed by atoms with Crippen LogP contribution in [0.15, 0.2) is 126 Å². The standard InChI is InChI=1S/C39H43N3O5/c1-3-46-38(44)34(25-24-30-16-8-4-9-17-30)40-29(2)35(26-31-18-10-5-11-19-31)41-37(43)36(27-32-20-12-6-13-21-32)42-39(45)47-28-33-22-14-7-15-23-33/h4-23,34-36H,3,24-28H2,1-2H3,(H,41,43)(H,42,45)/b40-29+/t34-,35?,36-/m1/s1. The molecule has 0 heterocycles. The molecule has 0 saturated heterocycles. The van der Waals surface area contributed by atoms with Crippen LogP contribution in [-0.2, 0) is 44.9 Å². The second kappa shape index (κ2) is 18.7. The summed E-state index contributed by atoms with van der Waals surface area (Å²) in [6, 6.07) is 36.3. The number of carbonyl (C=O) groups is 3. The van der Waals surface area contributed by atoms with Gasteiger partial charge in [-0.15, -0.1) is 0 Å². The number of hydrogen-bond donors (Lipinski definition) is 2. The predicted molar refractivity (Wildman–Crippen MR) is 184 cm³/mol. The second-order valence-electron chi connectivity index (χ2n) is 11.3. The van der Waals surface area contributed by atoms with E-state index in [1.165, 1.54) is 0 Å². The van der Waals surface area contributed by atoms with Crippen molar-refractivity contribution >= 4 is 23.7 Å². The first-order chi connectivity index (χ1) is 22.9. The van der Waals surface area contributed by atoms with Gasteiger partial charge in [0.2, 0.25) is 5.91 Å². The van der Waals surface area contributed by atoms with Crippen molar-refractivity contribution in [3.05, 3.63) is 144 Å². The van der Waals surface area contributed by atoms with E-state index in [1.54, 1.807) is 6.92 Å². The number of nitrogens with one attached hydrogen (secondary N) is 2. The molecular weight excluding hydrogens is 590 g/mol. The molecule has 0 aliphatic heterocycles. The summed E-state index contributed by atoms with van der Waals surface area (Å²) in [6.07, 6.45) is 1.09. The lowest BCUT2D eigenvalue weighted by atomic mass is 10.00. The van der Waals surface area contributed by atoms with E-state index in [0.717, 1.165) is 22.3 Å². The number of ether oxygens (including phenoxy) is 2. The number of alkyl carbamates (subject to hydrolysis) is 1. The van der Waals surface area contributed by atoms with Crippen molar-refractivity contribution in [3.63, 3.8) is 0 Å². The van der Waals surface area contributed by atoms with E-state index in [-0.39, 0.29) is 19.6 Å². The first-order valence-electron chi connectivity index (χ1n) is 16.0. The molecule has 1 unspecified atom stereocenters. The minimum Gasteiger partial charge on any atom is -0.464 e. The van der Waals surface area contributed by atoms with Crippen molar-refractivity contribution in [2.45, 2.75) is 64.3 Å². The summed E-state index contributed by atoms with van der Waals surface area (Å²) >= 11 is 0. The maximum atomic E-state index is 14.0. The molecule has 2 N–H and O–H groups in total. The molecule has 8 heteroatoms. The number of hydrogen-bond acceptors (Lipinski definition) is 6. The quantitative estimate of drug-likeness (QED) is 0.112. The normalized spacial score (nSPS) is 13.1. The van der Waals surface area contributed by atoms with E-state index in [2.05, 4.69) is 10.6 Å². The molecule has 0 spiro atoms. The number of amides is 2. The molecule has 0 aliphatic rings. The molecule has 0 saturated carbocycles. The Morgan fingerprint density at radius 2 is 1.13 bits per heavy atom. The molecule has 2 amide bonds. The van der Waals surface area contributed by atoms with Gasteiger partial charge in [0.15, 0.2) is 0 Å². The molecule has 0 fully saturated rings. The van der Waals surface area contributed by atoms with Crippen molar-refractivity contribution < 1.29 is 23.9 Å². The highest BCUT2D eigenvalue weighted by Crippen LogP contribution is 2.13. The molecule has 4 aromatic carbocycles. The van der Waals surface area contributed by atoms with Crippen molar-refractivity contribution in [1.82, 2.24) is 10.6 Å². The highest BCUT2D eigenvalue weighted by molar-refractivity contribution is 5.95. The molecule has 0 aromatic heterocycles. The Hall–Kier alpha value is -5.24. The van der Waals surface area contributed by atoms with E-state index in [9.17, 15) is 14.4 Å². The van der Waals surface area contributed by atoms with Crippen LogP contribution >= 0.6 is 0 Å². The maximum Gasteiger partial charge on any atom is 0.408 e. The molecule has 8 nitrogen and oxygen atoms in total. The van der Waals surface area contributed by atoms with Crippen molar-refractivity contribution in [2.75, 3.05) is 6.61 Å². The molecule has 0 radical (unpaired) electrons. The Morgan fingerprint density at radius 1 is 0.638 bits per heavy atom. The van der Waals surface area contributed by atoms with Gasteiger partial charge in [-0.2, -0.15) is 0 Å². The van der Waals surface area contributed by atoms with Crippen LogP contribution in [0.25, 0.3) is 0 Å². The van der Waals surface area contributed by atoms with Crippen LogP contribution < -0.4 is 10.6 Å². The molecular formula is C39H43N3O5.